The molecule has 0 aliphatic heterocycles. The maximum Gasteiger partial charge on any atom is 0.195 e. The molecule has 1 heterocycles. The molecular formula is C12H18N2O2. The number of ketones is 1. The van der Waals surface area contributed by atoms with Crippen molar-refractivity contribution in [1.29, 1.82) is 0 Å². The molecule has 0 spiro atoms. The van der Waals surface area contributed by atoms with Crippen LogP contribution in [0.1, 0.15) is 38.1 Å². The van der Waals surface area contributed by atoms with Crippen LogP contribution in [0.3, 0.4) is 0 Å². The fraction of sp³-hybridized carbons (Fsp3) is 0.583. The molecule has 16 heavy (non-hydrogen) atoms. The standard InChI is InChI=1S/C12H18N2O2/c1-5-16-11(12(2,3)4)10(15)9-6-13-8-14-7-9/h6-8,11H,5H2,1-4H3. The smallest absolute Gasteiger partial charge is 0.195 e. The van der Waals surface area contributed by atoms with E-state index in [0.29, 0.717) is 12.2 Å². The van der Waals surface area contributed by atoms with Crippen molar-refractivity contribution in [2.75, 3.05) is 6.61 Å². The fourth-order valence-corrected chi connectivity index (χ4v) is 1.46. The Morgan fingerprint density at radius 3 is 2.38 bits per heavy atom. The van der Waals surface area contributed by atoms with Crippen molar-refractivity contribution in [3.63, 3.8) is 0 Å². The summed E-state index contributed by atoms with van der Waals surface area (Å²) in [5.41, 5.74) is 0.263. The van der Waals surface area contributed by atoms with Crippen LogP contribution in [0.25, 0.3) is 0 Å². The van der Waals surface area contributed by atoms with Gasteiger partial charge in [-0.2, -0.15) is 0 Å². The van der Waals surface area contributed by atoms with Crippen LogP contribution < -0.4 is 0 Å². The first-order chi connectivity index (χ1) is 7.46. The summed E-state index contributed by atoms with van der Waals surface area (Å²) in [7, 11) is 0. The van der Waals surface area contributed by atoms with Crippen molar-refractivity contribution in [2.24, 2.45) is 5.41 Å². The highest BCUT2D eigenvalue weighted by Gasteiger charge is 2.32. The molecule has 4 heteroatoms. The lowest BCUT2D eigenvalue weighted by Gasteiger charge is -2.28. The predicted octanol–water partition coefficient (Wildman–Crippen LogP) is 2.11. The fourth-order valence-electron chi connectivity index (χ4n) is 1.46. The maximum absolute atomic E-state index is 12.2. The summed E-state index contributed by atoms with van der Waals surface area (Å²) in [6.45, 7) is 8.34. The number of carbonyl (C=O) groups excluding carboxylic acids is 1. The van der Waals surface area contributed by atoms with Gasteiger partial charge in [0.1, 0.15) is 12.4 Å². The predicted molar refractivity (Wildman–Crippen MR) is 61.2 cm³/mol. The molecule has 0 saturated carbocycles. The van der Waals surface area contributed by atoms with Crippen LogP contribution in [-0.4, -0.2) is 28.5 Å². The van der Waals surface area contributed by atoms with E-state index in [1.807, 2.05) is 27.7 Å². The highest BCUT2D eigenvalue weighted by molar-refractivity contribution is 5.99. The Labute approximate surface area is 96.1 Å². The number of ether oxygens (including phenoxy) is 1. The van der Waals surface area contributed by atoms with Crippen molar-refractivity contribution in [3.8, 4) is 0 Å². The first-order valence-corrected chi connectivity index (χ1v) is 5.37. The molecule has 0 aliphatic rings. The number of carbonyl (C=O) groups is 1. The van der Waals surface area contributed by atoms with Gasteiger partial charge in [0.25, 0.3) is 0 Å². The van der Waals surface area contributed by atoms with E-state index in [2.05, 4.69) is 9.97 Å². The normalized spacial score (nSPS) is 13.5. The van der Waals surface area contributed by atoms with E-state index in [1.54, 1.807) is 0 Å². The van der Waals surface area contributed by atoms with Crippen molar-refractivity contribution >= 4 is 5.78 Å². The largest absolute Gasteiger partial charge is 0.370 e. The summed E-state index contributed by atoms with van der Waals surface area (Å²) in [6.07, 6.45) is 3.99. The van der Waals surface area contributed by atoms with E-state index in [0.717, 1.165) is 0 Å². The summed E-state index contributed by atoms with van der Waals surface area (Å²) in [5, 5.41) is 0. The van der Waals surface area contributed by atoms with Gasteiger partial charge in [-0.1, -0.05) is 20.8 Å². The number of hydrogen-bond acceptors (Lipinski definition) is 4. The molecular weight excluding hydrogens is 204 g/mol. The highest BCUT2D eigenvalue weighted by atomic mass is 16.5. The lowest BCUT2D eigenvalue weighted by atomic mass is 9.85. The highest BCUT2D eigenvalue weighted by Crippen LogP contribution is 2.25. The first kappa shape index (κ1) is 12.8. The maximum atomic E-state index is 12.2. The molecule has 1 rings (SSSR count). The Morgan fingerprint density at radius 2 is 1.94 bits per heavy atom. The molecule has 0 N–H and O–H groups in total. The Kier molecular flexibility index (Phi) is 4.12. The van der Waals surface area contributed by atoms with Crippen LogP contribution >= 0.6 is 0 Å². The Hall–Kier alpha value is -1.29. The lowest BCUT2D eigenvalue weighted by Crippen LogP contribution is -2.37. The third-order valence-corrected chi connectivity index (χ3v) is 2.20. The third-order valence-electron chi connectivity index (χ3n) is 2.20. The summed E-state index contributed by atoms with van der Waals surface area (Å²) < 4.78 is 5.52. The van der Waals surface area contributed by atoms with E-state index in [-0.39, 0.29) is 11.2 Å². The van der Waals surface area contributed by atoms with E-state index >= 15 is 0 Å². The summed E-state index contributed by atoms with van der Waals surface area (Å²) in [6, 6.07) is 0. The Balaban J connectivity index is 2.92. The number of hydrogen-bond donors (Lipinski definition) is 0. The van der Waals surface area contributed by atoms with Gasteiger partial charge < -0.3 is 4.74 Å². The van der Waals surface area contributed by atoms with Gasteiger partial charge in [0.2, 0.25) is 0 Å². The molecule has 4 nitrogen and oxygen atoms in total. The summed E-state index contributed by atoms with van der Waals surface area (Å²) >= 11 is 0. The van der Waals surface area contributed by atoms with Gasteiger partial charge >= 0.3 is 0 Å². The second-order valence-electron chi connectivity index (χ2n) is 4.69. The quantitative estimate of drug-likeness (QED) is 0.732. The topological polar surface area (TPSA) is 52.1 Å². The SMILES string of the molecule is CCOC(C(=O)c1cncnc1)C(C)(C)C. The molecule has 0 radical (unpaired) electrons. The van der Waals surface area contributed by atoms with Crippen molar-refractivity contribution in [3.05, 3.63) is 24.3 Å². The van der Waals surface area contributed by atoms with Crippen molar-refractivity contribution in [2.45, 2.75) is 33.8 Å². The van der Waals surface area contributed by atoms with Crippen LogP contribution in [0.15, 0.2) is 18.7 Å². The minimum Gasteiger partial charge on any atom is -0.370 e. The average molecular weight is 222 g/mol. The third kappa shape index (κ3) is 3.10. The second kappa shape index (κ2) is 5.16. The van der Waals surface area contributed by atoms with E-state index in [1.165, 1.54) is 18.7 Å². The van der Waals surface area contributed by atoms with Crippen LogP contribution in [-0.2, 0) is 4.74 Å². The monoisotopic (exact) mass is 222 g/mol. The van der Waals surface area contributed by atoms with Crippen LogP contribution in [0.2, 0.25) is 0 Å². The van der Waals surface area contributed by atoms with Gasteiger partial charge in [0.05, 0.1) is 5.56 Å². The minimum atomic E-state index is -0.455. The molecule has 0 aromatic carbocycles. The molecule has 88 valence electrons. The zero-order chi connectivity index (χ0) is 12.2. The second-order valence-corrected chi connectivity index (χ2v) is 4.69. The van der Waals surface area contributed by atoms with Gasteiger partial charge in [-0.15, -0.1) is 0 Å². The van der Waals surface area contributed by atoms with Crippen LogP contribution in [0.5, 0.6) is 0 Å². The van der Waals surface area contributed by atoms with Gasteiger partial charge in [-0.3, -0.25) is 4.79 Å². The van der Waals surface area contributed by atoms with Crippen LogP contribution in [0.4, 0.5) is 0 Å². The summed E-state index contributed by atoms with van der Waals surface area (Å²) in [4.78, 5) is 19.9. The van der Waals surface area contributed by atoms with Crippen molar-refractivity contribution in [1.82, 2.24) is 9.97 Å². The lowest BCUT2D eigenvalue weighted by molar-refractivity contribution is -0.000271. The van der Waals surface area contributed by atoms with E-state index in [4.69, 9.17) is 4.74 Å². The Bertz CT molecular complexity index is 344. The molecule has 1 aromatic rings. The molecule has 0 fully saturated rings. The van der Waals surface area contributed by atoms with E-state index in [9.17, 15) is 4.79 Å². The van der Waals surface area contributed by atoms with Crippen LogP contribution in [0, 0.1) is 5.41 Å². The number of Topliss-reactive ketones (excluding diaryl/α,β-unsaturated/α-hetero) is 1. The molecule has 1 aromatic heterocycles. The molecule has 0 bridgehead atoms. The van der Waals surface area contributed by atoms with Gasteiger partial charge in [0.15, 0.2) is 5.78 Å². The minimum absolute atomic E-state index is 0.0602. The zero-order valence-electron chi connectivity index (χ0n) is 10.2. The first-order valence-electron chi connectivity index (χ1n) is 5.37. The molecule has 1 atom stereocenters. The molecule has 0 aliphatic carbocycles. The summed E-state index contributed by atoms with van der Waals surface area (Å²) in [5.74, 6) is -0.0602. The van der Waals surface area contributed by atoms with Crippen molar-refractivity contribution < 1.29 is 9.53 Å². The van der Waals surface area contributed by atoms with Gasteiger partial charge in [-0.25, -0.2) is 9.97 Å². The van der Waals surface area contributed by atoms with Gasteiger partial charge in [0, 0.05) is 19.0 Å². The molecule has 0 amide bonds. The molecule has 1 unspecified atom stereocenters. The number of rotatable bonds is 4. The number of nitrogens with zero attached hydrogens (tertiary/aromatic N) is 2. The Morgan fingerprint density at radius 1 is 1.38 bits per heavy atom. The molecule has 0 saturated heterocycles. The zero-order valence-corrected chi connectivity index (χ0v) is 10.2. The van der Waals surface area contributed by atoms with Gasteiger partial charge in [-0.05, 0) is 12.3 Å². The number of aromatic nitrogens is 2. The average Bonchev–Trinajstić information content (AvgIpc) is 2.25. The van der Waals surface area contributed by atoms with E-state index < -0.39 is 6.10 Å².